The first-order valence-corrected chi connectivity index (χ1v) is 7.79. The molecule has 0 bridgehead atoms. The van der Waals surface area contributed by atoms with E-state index in [1.807, 2.05) is 30.3 Å². The Bertz CT molecular complexity index is 637. The highest BCUT2D eigenvalue weighted by molar-refractivity contribution is 5.73. The van der Waals surface area contributed by atoms with Crippen molar-refractivity contribution in [3.63, 3.8) is 0 Å². The summed E-state index contributed by atoms with van der Waals surface area (Å²) in [5.41, 5.74) is 1.63. The van der Waals surface area contributed by atoms with Crippen LogP contribution in [0.1, 0.15) is 18.5 Å². The zero-order valence-corrected chi connectivity index (χ0v) is 13.2. The third kappa shape index (κ3) is 4.07. The number of benzene rings is 1. The average Bonchev–Trinajstić information content (AvgIpc) is 3.25. The van der Waals surface area contributed by atoms with Gasteiger partial charge < -0.3 is 15.0 Å². The molecule has 7 nitrogen and oxygen atoms in total. The van der Waals surface area contributed by atoms with Gasteiger partial charge in [-0.3, -0.25) is 0 Å². The third-order valence-corrected chi connectivity index (χ3v) is 3.78. The van der Waals surface area contributed by atoms with Gasteiger partial charge in [0.25, 0.3) is 0 Å². The van der Waals surface area contributed by atoms with Crippen molar-refractivity contribution in [1.29, 1.82) is 0 Å². The summed E-state index contributed by atoms with van der Waals surface area (Å²) >= 11 is 0. The van der Waals surface area contributed by atoms with Crippen LogP contribution in [-0.2, 0) is 11.3 Å². The van der Waals surface area contributed by atoms with Crippen LogP contribution in [-0.4, -0.2) is 52.2 Å². The molecular formula is C16H21N5O2. The van der Waals surface area contributed by atoms with Crippen molar-refractivity contribution in [2.24, 2.45) is 0 Å². The first kappa shape index (κ1) is 15.5. The van der Waals surface area contributed by atoms with E-state index < -0.39 is 0 Å². The Balaban J connectivity index is 1.52. The maximum absolute atomic E-state index is 12.1. The van der Waals surface area contributed by atoms with Gasteiger partial charge in [-0.05, 0) is 25.0 Å². The number of hydrogen-bond donors (Lipinski definition) is 1. The standard InChI is InChI=1S/C16H21N5O2/c1-20(16(22)17-11-15-8-5-9-23-15)12-13-10-18-21(19-13)14-6-3-2-4-7-14/h2-4,6-7,10,15H,5,8-9,11-12H2,1H3,(H,17,22)/t15-/m1/s1. The van der Waals surface area contributed by atoms with Crippen LogP contribution in [0.3, 0.4) is 0 Å². The van der Waals surface area contributed by atoms with Crippen LogP contribution >= 0.6 is 0 Å². The van der Waals surface area contributed by atoms with Crippen molar-refractivity contribution < 1.29 is 9.53 Å². The predicted octanol–water partition coefficient (Wildman–Crippen LogP) is 1.59. The van der Waals surface area contributed by atoms with Crippen LogP contribution in [0.4, 0.5) is 4.79 Å². The summed E-state index contributed by atoms with van der Waals surface area (Å²) in [4.78, 5) is 15.2. The summed E-state index contributed by atoms with van der Waals surface area (Å²) in [6.45, 7) is 1.75. The van der Waals surface area contributed by atoms with Crippen LogP contribution in [0.5, 0.6) is 0 Å². The van der Waals surface area contributed by atoms with Crippen molar-refractivity contribution >= 4 is 6.03 Å². The van der Waals surface area contributed by atoms with Crippen LogP contribution < -0.4 is 5.32 Å². The van der Waals surface area contributed by atoms with Crippen LogP contribution in [0, 0.1) is 0 Å². The largest absolute Gasteiger partial charge is 0.376 e. The quantitative estimate of drug-likeness (QED) is 0.909. The third-order valence-electron chi connectivity index (χ3n) is 3.78. The van der Waals surface area contributed by atoms with E-state index >= 15 is 0 Å². The number of urea groups is 1. The maximum Gasteiger partial charge on any atom is 0.317 e. The fourth-order valence-corrected chi connectivity index (χ4v) is 2.51. The number of ether oxygens (including phenoxy) is 1. The molecule has 1 aliphatic rings. The first-order chi connectivity index (χ1) is 11.2. The lowest BCUT2D eigenvalue weighted by Crippen LogP contribution is -2.40. The molecule has 0 unspecified atom stereocenters. The van der Waals surface area contributed by atoms with Gasteiger partial charge in [0.1, 0.15) is 5.69 Å². The minimum atomic E-state index is -0.130. The molecule has 0 aliphatic carbocycles. The van der Waals surface area contributed by atoms with Crippen molar-refractivity contribution in [3.8, 4) is 5.69 Å². The molecule has 122 valence electrons. The molecule has 1 atom stereocenters. The topological polar surface area (TPSA) is 72.3 Å². The molecule has 3 rings (SSSR count). The van der Waals surface area contributed by atoms with Crippen molar-refractivity contribution in [2.75, 3.05) is 20.2 Å². The highest BCUT2D eigenvalue weighted by Crippen LogP contribution is 2.11. The molecule has 1 aliphatic heterocycles. The summed E-state index contributed by atoms with van der Waals surface area (Å²) in [7, 11) is 1.74. The summed E-state index contributed by atoms with van der Waals surface area (Å²) in [5.74, 6) is 0. The fraction of sp³-hybridized carbons (Fsp3) is 0.438. The average molecular weight is 315 g/mol. The van der Waals surface area contributed by atoms with Crippen molar-refractivity contribution in [2.45, 2.75) is 25.5 Å². The molecule has 1 N–H and O–H groups in total. The molecule has 0 spiro atoms. The van der Waals surface area contributed by atoms with Gasteiger partial charge in [-0.2, -0.15) is 15.0 Å². The molecule has 1 aromatic carbocycles. The van der Waals surface area contributed by atoms with Gasteiger partial charge in [-0.1, -0.05) is 18.2 Å². The SMILES string of the molecule is CN(Cc1cnn(-c2ccccc2)n1)C(=O)NC[C@H]1CCCO1. The van der Waals surface area contributed by atoms with E-state index in [-0.39, 0.29) is 12.1 Å². The number of nitrogens with one attached hydrogen (secondary N) is 1. The molecule has 1 fully saturated rings. The minimum absolute atomic E-state index is 0.130. The fourth-order valence-electron chi connectivity index (χ4n) is 2.51. The number of rotatable bonds is 5. The van der Waals surface area contributed by atoms with E-state index in [2.05, 4.69) is 15.5 Å². The van der Waals surface area contributed by atoms with Gasteiger partial charge >= 0.3 is 6.03 Å². The monoisotopic (exact) mass is 315 g/mol. The zero-order chi connectivity index (χ0) is 16.1. The second-order valence-corrected chi connectivity index (χ2v) is 5.64. The van der Waals surface area contributed by atoms with Gasteiger partial charge in [-0.15, -0.1) is 0 Å². The minimum Gasteiger partial charge on any atom is -0.376 e. The van der Waals surface area contributed by atoms with Gasteiger partial charge in [0.05, 0.1) is 24.5 Å². The molecule has 0 saturated carbocycles. The number of carbonyl (C=O) groups is 1. The Morgan fingerprint density at radius 1 is 1.43 bits per heavy atom. The summed E-state index contributed by atoms with van der Waals surface area (Å²) in [6.07, 6.45) is 3.90. The van der Waals surface area contributed by atoms with Gasteiger partial charge in [0, 0.05) is 20.2 Å². The van der Waals surface area contributed by atoms with E-state index in [4.69, 9.17) is 4.74 Å². The molecule has 1 aromatic heterocycles. The molecule has 2 aromatic rings. The maximum atomic E-state index is 12.1. The summed E-state index contributed by atoms with van der Waals surface area (Å²) in [6, 6.07) is 9.55. The molecule has 23 heavy (non-hydrogen) atoms. The molecule has 2 amide bonds. The smallest absolute Gasteiger partial charge is 0.317 e. The van der Waals surface area contributed by atoms with Gasteiger partial charge in [-0.25, -0.2) is 4.79 Å². The Kier molecular flexibility index (Phi) is 4.87. The number of amides is 2. The normalized spacial score (nSPS) is 17.2. The second-order valence-electron chi connectivity index (χ2n) is 5.64. The Morgan fingerprint density at radius 2 is 2.26 bits per heavy atom. The highest BCUT2D eigenvalue weighted by atomic mass is 16.5. The van der Waals surface area contributed by atoms with Crippen LogP contribution in [0.2, 0.25) is 0 Å². The summed E-state index contributed by atoms with van der Waals surface area (Å²) in [5, 5.41) is 11.5. The van der Waals surface area contributed by atoms with Crippen LogP contribution in [0.25, 0.3) is 5.69 Å². The number of nitrogens with zero attached hydrogens (tertiary/aromatic N) is 4. The number of aromatic nitrogens is 3. The van der Waals surface area contributed by atoms with E-state index in [9.17, 15) is 4.79 Å². The Hall–Kier alpha value is -2.41. The Labute approximate surface area is 135 Å². The first-order valence-electron chi connectivity index (χ1n) is 7.79. The lowest BCUT2D eigenvalue weighted by molar-refractivity contribution is 0.109. The lowest BCUT2D eigenvalue weighted by Gasteiger charge is -2.18. The second kappa shape index (κ2) is 7.23. The van der Waals surface area contributed by atoms with E-state index in [1.165, 1.54) is 0 Å². The van der Waals surface area contributed by atoms with E-state index in [1.54, 1.807) is 22.9 Å². The van der Waals surface area contributed by atoms with E-state index in [0.717, 1.165) is 30.8 Å². The van der Waals surface area contributed by atoms with Crippen molar-refractivity contribution in [1.82, 2.24) is 25.2 Å². The zero-order valence-electron chi connectivity index (χ0n) is 13.2. The van der Waals surface area contributed by atoms with Gasteiger partial charge in [0.2, 0.25) is 0 Å². The highest BCUT2D eigenvalue weighted by Gasteiger charge is 2.18. The molecule has 1 saturated heterocycles. The van der Waals surface area contributed by atoms with Crippen LogP contribution in [0.15, 0.2) is 36.5 Å². The molecular weight excluding hydrogens is 294 g/mol. The number of carbonyl (C=O) groups excluding carboxylic acids is 1. The Morgan fingerprint density at radius 3 is 3.00 bits per heavy atom. The number of para-hydroxylation sites is 1. The van der Waals surface area contributed by atoms with Gasteiger partial charge in [0.15, 0.2) is 0 Å². The molecule has 7 heteroatoms. The van der Waals surface area contributed by atoms with Crippen molar-refractivity contribution in [3.05, 3.63) is 42.2 Å². The molecule has 0 radical (unpaired) electrons. The molecule has 2 heterocycles. The predicted molar refractivity (Wildman–Crippen MR) is 85.2 cm³/mol. The summed E-state index contributed by atoms with van der Waals surface area (Å²) < 4.78 is 5.49. The number of hydrogen-bond acceptors (Lipinski definition) is 4. The lowest BCUT2D eigenvalue weighted by atomic mass is 10.2. The van der Waals surface area contributed by atoms with E-state index in [0.29, 0.717) is 13.1 Å².